The van der Waals surface area contributed by atoms with Crippen LogP contribution in [0, 0.1) is 6.92 Å². The monoisotopic (exact) mass is 399 g/mol. The molecule has 0 saturated carbocycles. The highest BCUT2D eigenvalue weighted by molar-refractivity contribution is 5.56. The fraction of sp³-hybridized carbons (Fsp3) is 0.235. The number of alkyl halides is 2. The Morgan fingerprint density at radius 2 is 1.93 bits per heavy atom. The topological polar surface area (TPSA) is 109 Å². The molecule has 0 aliphatic heterocycles. The lowest BCUT2D eigenvalue weighted by atomic mass is 10.2. The van der Waals surface area contributed by atoms with Crippen molar-refractivity contribution in [1.29, 1.82) is 0 Å². The van der Waals surface area contributed by atoms with Crippen molar-refractivity contribution in [2.75, 3.05) is 0 Å². The number of nitrogens with zero attached hydrogens (tertiary/aromatic N) is 9. The zero-order valence-corrected chi connectivity index (χ0v) is 15.4. The minimum Gasteiger partial charge on any atom is -0.470 e. The molecule has 29 heavy (non-hydrogen) atoms. The molecule has 0 aromatic carbocycles. The number of pyridine rings is 1. The van der Waals surface area contributed by atoms with Gasteiger partial charge < -0.3 is 4.74 Å². The van der Waals surface area contributed by atoms with Gasteiger partial charge in [-0.25, -0.2) is 18.4 Å². The second-order valence-electron chi connectivity index (χ2n) is 6.02. The summed E-state index contributed by atoms with van der Waals surface area (Å²) in [5.41, 5.74) is 1.31. The number of aryl methyl sites for hydroxylation is 2. The van der Waals surface area contributed by atoms with E-state index in [1.165, 1.54) is 23.1 Å². The van der Waals surface area contributed by atoms with Crippen molar-refractivity contribution in [1.82, 2.24) is 44.9 Å². The summed E-state index contributed by atoms with van der Waals surface area (Å²) in [4.78, 5) is 8.09. The van der Waals surface area contributed by atoms with Crippen LogP contribution in [-0.2, 0) is 13.7 Å². The molecule has 4 rings (SSSR count). The third kappa shape index (κ3) is 3.77. The molecule has 0 fully saturated rings. The second kappa shape index (κ2) is 7.66. The molecule has 0 atom stereocenters. The van der Waals surface area contributed by atoms with Gasteiger partial charge in [0.05, 0.1) is 5.69 Å². The van der Waals surface area contributed by atoms with Gasteiger partial charge in [-0.15, -0.1) is 15.3 Å². The van der Waals surface area contributed by atoms with Gasteiger partial charge in [0.1, 0.15) is 30.1 Å². The van der Waals surface area contributed by atoms with Crippen LogP contribution in [0.5, 0.6) is 5.88 Å². The summed E-state index contributed by atoms with van der Waals surface area (Å²) in [6.45, 7) is 1.89. The van der Waals surface area contributed by atoms with Crippen LogP contribution in [0.25, 0.3) is 17.2 Å². The molecule has 12 heteroatoms. The maximum Gasteiger partial charge on any atom is 0.265 e. The van der Waals surface area contributed by atoms with E-state index >= 15 is 0 Å². The molecule has 0 saturated heterocycles. The van der Waals surface area contributed by atoms with Gasteiger partial charge in [0, 0.05) is 24.9 Å². The van der Waals surface area contributed by atoms with Crippen LogP contribution in [0.4, 0.5) is 8.78 Å². The third-order valence-corrected chi connectivity index (χ3v) is 4.14. The van der Waals surface area contributed by atoms with Crippen LogP contribution in [0.2, 0.25) is 0 Å². The molecule has 0 spiro atoms. The molecule has 0 radical (unpaired) electrons. The van der Waals surface area contributed by atoms with E-state index in [1.807, 2.05) is 0 Å². The maximum absolute atomic E-state index is 12.7. The predicted molar refractivity (Wildman–Crippen MR) is 95.2 cm³/mol. The van der Waals surface area contributed by atoms with E-state index in [9.17, 15) is 8.78 Å². The van der Waals surface area contributed by atoms with Crippen LogP contribution in [0.1, 0.15) is 23.5 Å². The first-order valence-corrected chi connectivity index (χ1v) is 8.49. The molecule has 10 nitrogen and oxygen atoms in total. The molecule has 0 N–H and O–H groups in total. The lowest BCUT2D eigenvalue weighted by Crippen LogP contribution is -2.07. The quantitative estimate of drug-likeness (QED) is 0.485. The van der Waals surface area contributed by atoms with Gasteiger partial charge in [-0.3, -0.25) is 4.98 Å². The second-order valence-corrected chi connectivity index (χ2v) is 6.02. The van der Waals surface area contributed by atoms with E-state index in [0.29, 0.717) is 34.6 Å². The summed E-state index contributed by atoms with van der Waals surface area (Å²) in [7, 11) is 1.70. The lowest BCUT2D eigenvalue weighted by Gasteiger charge is -2.08. The van der Waals surface area contributed by atoms with E-state index in [-0.39, 0.29) is 12.2 Å². The van der Waals surface area contributed by atoms with Gasteiger partial charge in [0.2, 0.25) is 5.88 Å². The van der Waals surface area contributed by atoms with Crippen LogP contribution >= 0.6 is 0 Å². The van der Waals surface area contributed by atoms with Crippen LogP contribution in [0.3, 0.4) is 0 Å². The van der Waals surface area contributed by atoms with Crippen molar-refractivity contribution >= 4 is 0 Å². The number of halogens is 2. The smallest absolute Gasteiger partial charge is 0.265 e. The molecular formula is C17H15F2N9O. The lowest BCUT2D eigenvalue weighted by molar-refractivity contribution is 0.151. The molecule has 4 heterocycles. The SMILES string of the molecule is Cc1ncnn1-c1ccc(OCc2c(-c3ccc(C(F)F)cn3)nnn2C)nn1. The van der Waals surface area contributed by atoms with Crippen molar-refractivity contribution in [3.8, 4) is 23.1 Å². The van der Waals surface area contributed by atoms with Crippen molar-refractivity contribution in [3.63, 3.8) is 0 Å². The number of hydrogen-bond donors (Lipinski definition) is 0. The van der Waals surface area contributed by atoms with Gasteiger partial charge in [0.25, 0.3) is 6.43 Å². The van der Waals surface area contributed by atoms with Gasteiger partial charge in [-0.05, 0) is 25.1 Å². The number of rotatable bonds is 6. The van der Waals surface area contributed by atoms with E-state index in [2.05, 4.69) is 35.6 Å². The zero-order valence-electron chi connectivity index (χ0n) is 15.4. The minimum atomic E-state index is -2.58. The summed E-state index contributed by atoms with van der Waals surface area (Å²) in [5, 5.41) is 20.2. The molecule has 0 aliphatic carbocycles. The first kappa shape index (κ1) is 18.5. The maximum atomic E-state index is 12.7. The number of ether oxygens (including phenoxy) is 1. The summed E-state index contributed by atoms with van der Waals surface area (Å²) in [6, 6.07) is 6.15. The summed E-state index contributed by atoms with van der Waals surface area (Å²) >= 11 is 0. The first-order valence-electron chi connectivity index (χ1n) is 8.49. The van der Waals surface area contributed by atoms with Crippen LogP contribution < -0.4 is 4.74 Å². The average Bonchev–Trinajstić information content (AvgIpc) is 3.32. The largest absolute Gasteiger partial charge is 0.470 e. The van der Waals surface area contributed by atoms with Crippen molar-refractivity contribution < 1.29 is 13.5 Å². The number of aromatic nitrogens is 9. The fourth-order valence-electron chi connectivity index (χ4n) is 2.58. The van der Waals surface area contributed by atoms with E-state index < -0.39 is 6.43 Å². The molecule has 4 aromatic heterocycles. The standard InChI is InChI=1S/C17H15F2N9O/c1-10-21-9-22-28(10)14-5-6-15(24-23-14)29-8-13-16(25-26-27(13)2)12-4-3-11(7-20-12)17(18)19/h3-7,9,17H,8H2,1-2H3. The average molecular weight is 399 g/mol. The zero-order chi connectivity index (χ0) is 20.4. The summed E-state index contributed by atoms with van der Waals surface area (Å²) in [5.74, 6) is 1.49. The highest BCUT2D eigenvalue weighted by atomic mass is 19.3. The van der Waals surface area contributed by atoms with Crippen LogP contribution in [0.15, 0.2) is 36.8 Å². The minimum absolute atomic E-state index is 0.0908. The third-order valence-electron chi connectivity index (χ3n) is 4.14. The summed E-state index contributed by atoms with van der Waals surface area (Å²) < 4.78 is 34.2. The molecule has 148 valence electrons. The molecule has 0 unspecified atom stereocenters. The highest BCUT2D eigenvalue weighted by Crippen LogP contribution is 2.23. The Labute approximate surface area is 163 Å². The Kier molecular flexibility index (Phi) is 4.89. The fourth-order valence-corrected chi connectivity index (χ4v) is 2.58. The normalized spacial score (nSPS) is 11.2. The van der Waals surface area contributed by atoms with Crippen LogP contribution in [-0.4, -0.2) is 44.9 Å². The molecule has 0 bridgehead atoms. The van der Waals surface area contributed by atoms with Gasteiger partial charge in [-0.1, -0.05) is 5.21 Å². The Bertz CT molecular complexity index is 1110. The van der Waals surface area contributed by atoms with Crippen molar-refractivity contribution in [3.05, 3.63) is 53.9 Å². The highest BCUT2D eigenvalue weighted by Gasteiger charge is 2.16. The molecule has 4 aromatic rings. The predicted octanol–water partition coefficient (Wildman–Crippen LogP) is 2.07. The first-order chi connectivity index (χ1) is 14.0. The Balaban J connectivity index is 1.50. The Morgan fingerprint density at radius 3 is 2.55 bits per heavy atom. The number of hydrogen-bond acceptors (Lipinski definition) is 8. The van der Waals surface area contributed by atoms with E-state index in [1.54, 1.807) is 30.8 Å². The van der Waals surface area contributed by atoms with E-state index in [0.717, 1.165) is 6.20 Å². The Morgan fingerprint density at radius 1 is 1.07 bits per heavy atom. The van der Waals surface area contributed by atoms with Gasteiger partial charge in [-0.2, -0.15) is 9.78 Å². The molecule has 0 aliphatic rings. The van der Waals surface area contributed by atoms with E-state index in [4.69, 9.17) is 4.74 Å². The molecule has 0 amide bonds. The molecular weight excluding hydrogens is 384 g/mol. The van der Waals surface area contributed by atoms with Gasteiger partial charge >= 0.3 is 0 Å². The van der Waals surface area contributed by atoms with Crippen molar-refractivity contribution in [2.45, 2.75) is 20.0 Å². The Hall–Kier alpha value is -3.83. The van der Waals surface area contributed by atoms with Gasteiger partial charge in [0.15, 0.2) is 5.82 Å². The van der Waals surface area contributed by atoms with Crippen molar-refractivity contribution in [2.24, 2.45) is 7.05 Å². The summed E-state index contributed by atoms with van der Waals surface area (Å²) in [6.07, 6.45) is -0.0281.